The number of carbonyl (C=O) groups is 3. The Balaban J connectivity index is 1.41. The Morgan fingerprint density at radius 2 is 1.56 bits per heavy atom. The lowest BCUT2D eigenvalue weighted by Gasteiger charge is -2.35. The maximum Gasteiger partial charge on any atom is 0.408 e. The normalized spacial score (nSPS) is 16.9. The fraction of sp³-hybridized carbons (Fsp3) is 0.444. The van der Waals surface area contributed by atoms with Crippen molar-refractivity contribution in [3.8, 4) is 11.1 Å². The van der Waals surface area contributed by atoms with Crippen LogP contribution in [0.15, 0.2) is 48.5 Å². The first-order chi connectivity index (χ1) is 16.1. The number of hydrogen-bond acceptors (Lipinski definition) is 4. The maximum absolute atomic E-state index is 13.1. The lowest BCUT2D eigenvalue weighted by atomic mass is 9.78. The molecule has 1 saturated carbocycles. The van der Waals surface area contributed by atoms with Crippen molar-refractivity contribution in [2.24, 2.45) is 11.3 Å². The van der Waals surface area contributed by atoms with Gasteiger partial charge < -0.3 is 20.5 Å². The summed E-state index contributed by atoms with van der Waals surface area (Å²) in [6.45, 7) is 7.10. The minimum atomic E-state index is -1.15. The van der Waals surface area contributed by atoms with Crippen molar-refractivity contribution in [2.75, 3.05) is 6.61 Å². The van der Waals surface area contributed by atoms with Crippen molar-refractivity contribution in [3.63, 3.8) is 0 Å². The first kappa shape index (κ1) is 23.8. The van der Waals surface area contributed by atoms with Crippen LogP contribution in [0, 0.1) is 11.3 Å². The summed E-state index contributed by atoms with van der Waals surface area (Å²) >= 11 is 0. The molecule has 0 spiro atoms. The van der Waals surface area contributed by atoms with E-state index < -0.39 is 29.1 Å². The molecule has 0 aliphatic heterocycles. The molecule has 3 N–H and O–H groups in total. The molecule has 1 fully saturated rings. The van der Waals surface area contributed by atoms with Crippen molar-refractivity contribution in [1.82, 2.24) is 10.6 Å². The van der Waals surface area contributed by atoms with E-state index in [0.717, 1.165) is 22.3 Å². The smallest absolute Gasteiger partial charge is 0.408 e. The predicted octanol–water partition coefficient (Wildman–Crippen LogP) is 4.31. The average molecular weight is 465 g/mol. The van der Waals surface area contributed by atoms with Gasteiger partial charge in [-0.1, -0.05) is 62.4 Å². The second kappa shape index (κ2) is 8.78. The van der Waals surface area contributed by atoms with Crippen LogP contribution in [0.4, 0.5) is 4.79 Å². The molecule has 0 bridgehead atoms. The molecule has 2 aliphatic rings. The van der Waals surface area contributed by atoms with Gasteiger partial charge in [0.25, 0.3) is 0 Å². The molecule has 180 valence electrons. The Kier molecular flexibility index (Phi) is 6.14. The molecule has 1 unspecified atom stereocenters. The molecule has 34 heavy (non-hydrogen) atoms. The molecule has 7 heteroatoms. The van der Waals surface area contributed by atoms with Crippen molar-refractivity contribution in [3.05, 3.63) is 59.7 Å². The quantitative estimate of drug-likeness (QED) is 0.540. The number of amides is 2. The van der Waals surface area contributed by atoms with Gasteiger partial charge in [0.15, 0.2) is 0 Å². The SMILES string of the molecule is CC(C)C(NC(=O)C1(NC(=O)OCC2c3ccccc3-c3ccccc32)CC1)C(C)(C)C(=O)O. The van der Waals surface area contributed by atoms with E-state index >= 15 is 0 Å². The number of hydrogen-bond donors (Lipinski definition) is 3. The highest BCUT2D eigenvalue weighted by molar-refractivity contribution is 5.93. The van der Waals surface area contributed by atoms with E-state index in [4.69, 9.17) is 4.74 Å². The van der Waals surface area contributed by atoms with Crippen LogP contribution >= 0.6 is 0 Å². The van der Waals surface area contributed by atoms with Gasteiger partial charge >= 0.3 is 12.1 Å². The van der Waals surface area contributed by atoms with E-state index in [0.29, 0.717) is 12.8 Å². The monoisotopic (exact) mass is 464 g/mol. The standard InChI is InChI=1S/C27H32N2O5/c1-16(2)22(26(3,4)24(31)32)28-23(30)27(13-14-27)29-25(33)34-15-21-19-11-7-5-9-17(19)18-10-6-8-12-20(18)21/h5-12,16,21-22H,13-15H2,1-4H3,(H,28,30)(H,29,33)(H,31,32). The minimum Gasteiger partial charge on any atom is -0.481 e. The molecule has 0 saturated heterocycles. The summed E-state index contributed by atoms with van der Waals surface area (Å²) < 4.78 is 5.60. The fourth-order valence-corrected chi connectivity index (χ4v) is 4.96. The predicted molar refractivity (Wildman–Crippen MR) is 128 cm³/mol. The second-order valence-corrected chi connectivity index (χ2v) is 10.3. The lowest BCUT2D eigenvalue weighted by Crippen LogP contribution is -2.58. The van der Waals surface area contributed by atoms with Gasteiger partial charge in [-0.05, 0) is 54.9 Å². The van der Waals surface area contributed by atoms with Crippen LogP contribution in [0.25, 0.3) is 11.1 Å². The van der Waals surface area contributed by atoms with Crippen LogP contribution < -0.4 is 10.6 Å². The molecular formula is C27H32N2O5. The Hall–Kier alpha value is -3.35. The van der Waals surface area contributed by atoms with Gasteiger partial charge in [-0.15, -0.1) is 0 Å². The lowest BCUT2D eigenvalue weighted by molar-refractivity contribution is -0.150. The van der Waals surface area contributed by atoms with Gasteiger partial charge in [0, 0.05) is 12.0 Å². The number of benzene rings is 2. The third-order valence-corrected chi connectivity index (χ3v) is 7.15. The highest BCUT2D eigenvalue weighted by Crippen LogP contribution is 2.44. The molecule has 2 aromatic carbocycles. The van der Waals surface area contributed by atoms with Crippen molar-refractivity contribution >= 4 is 18.0 Å². The highest BCUT2D eigenvalue weighted by Gasteiger charge is 2.53. The topological polar surface area (TPSA) is 105 Å². The molecule has 7 nitrogen and oxygen atoms in total. The number of carboxylic acid groups (broad SMARTS) is 1. The largest absolute Gasteiger partial charge is 0.481 e. The van der Waals surface area contributed by atoms with Gasteiger partial charge in [0.1, 0.15) is 12.1 Å². The van der Waals surface area contributed by atoms with E-state index in [1.807, 2.05) is 50.2 Å². The molecule has 0 heterocycles. The first-order valence-corrected chi connectivity index (χ1v) is 11.7. The van der Waals surface area contributed by atoms with Crippen LogP contribution in [0.5, 0.6) is 0 Å². The number of rotatable bonds is 8. The summed E-state index contributed by atoms with van der Waals surface area (Å²) in [5.41, 5.74) is 2.32. The van der Waals surface area contributed by atoms with E-state index in [1.165, 1.54) is 0 Å². The summed E-state index contributed by atoms with van der Waals surface area (Å²) in [6.07, 6.45) is 0.330. The summed E-state index contributed by atoms with van der Waals surface area (Å²) in [7, 11) is 0. The zero-order valence-electron chi connectivity index (χ0n) is 20.1. The third-order valence-electron chi connectivity index (χ3n) is 7.15. The maximum atomic E-state index is 13.1. The van der Waals surface area contributed by atoms with E-state index in [-0.39, 0.29) is 24.3 Å². The van der Waals surface area contributed by atoms with E-state index in [9.17, 15) is 19.5 Å². The van der Waals surface area contributed by atoms with Crippen LogP contribution in [0.2, 0.25) is 0 Å². The number of nitrogens with one attached hydrogen (secondary N) is 2. The molecule has 2 amide bonds. The van der Waals surface area contributed by atoms with Crippen LogP contribution in [-0.4, -0.2) is 41.3 Å². The average Bonchev–Trinajstić information content (AvgIpc) is 3.51. The van der Waals surface area contributed by atoms with E-state index in [2.05, 4.69) is 22.8 Å². The molecule has 4 rings (SSSR count). The number of carbonyl (C=O) groups excluding carboxylic acids is 2. The van der Waals surface area contributed by atoms with Gasteiger partial charge in [-0.3, -0.25) is 9.59 Å². The zero-order chi connectivity index (χ0) is 24.7. The van der Waals surface area contributed by atoms with Gasteiger partial charge in [0.05, 0.1) is 5.41 Å². The number of alkyl carbamates (subject to hydrolysis) is 1. The number of ether oxygens (including phenoxy) is 1. The summed E-state index contributed by atoms with van der Waals surface area (Å²) in [5, 5.41) is 15.2. The Labute approximate surface area is 199 Å². The Morgan fingerprint density at radius 1 is 1.03 bits per heavy atom. The van der Waals surface area contributed by atoms with Crippen molar-refractivity contribution in [1.29, 1.82) is 0 Å². The Bertz CT molecular complexity index is 1070. The van der Waals surface area contributed by atoms with Crippen LogP contribution in [0.3, 0.4) is 0 Å². The molecular weight excluding hydrogens is 432 g/mol. The Morgan fingerprint density at radius 3 is 2.03 bits per heavy atom. The number of fused-ring (bicyclic) bond motifs is 3. The van der Waals surface area contributed by atoms with Crippen molar-refractivity contribution < 1.29 is 24.2 Å². The first-order valence-electron chi connectivity index (χ1n) is 11.7. The minimum absolute atomic E-state index is 0.0659. The highest BCUT2D eigenvalue weighted by atomic mass is 16.5. The molecule has 2 aromatic rings. The third kappa shape index (κ3) is 4.27. The molecule has 1 atom stereocenters. The van der Waals surface area contributed by atoms with Gasteiger partial charge in [-0.2, -0.15) is 0 Å². The van der Waals surface area contributed by atoms with Gasteiger partial charge in [0.2, 0.25) is 5.91 Å². The fourth-order valence-electron chi connectivity index (χ4n) is 4.96. The van der Waals surface area contributed by atoms with Gasteiger partial charge in [-0.25, -0.2) is 4.79 Å². The van der Waals surface area contributed by atoms with Crippen molar-refractivity contribution in [2.45, 2.75) is 58.0 Å². The number of aliphatic carboxylic acids is 1. The molecule has 2 aliphatic carbocycles. The zero-order valence-corrected chi connectivity index (χ0v) is 20.1. The van der Waals surface area contributed by atoms with Crippen LogP contribution in [-0.2, 0) is 14.3 Å². The van der Waals surface area contributed by atoms with Crippen LogP contribution in [0.1, 0.15) is 57.6 Å². The second-order valence-electron chi connectivity index (χ2n) is 10.3. The number of carboxylic acids is 1. The van der Waals surface area contributed by atoms with E-state index in [1.54, 1.807) is 13.8 Å². The molecule has 0 aromatic heterocycles. The summed E-state index contributed by atoms with van der Waals surface area (Å²) in [4.78, 5) is 37.5. The molecule has 0 radical (unpaired) electrons. The summed E-state index contributed by atoms with van der Waals surface area (Å²) in [5.74, 6) is -1.51. The summed E-state index contributed by atoms with van der Waals surface area (Å²) in [6, 6.07) is 15.6.